The van der Waals surface area contributed by atoms with E-state index in [-0.39, 0.29) is 5.91 Å². The summed E-state index contributed by atoms with van der Waals surface area (Å²) in [6, 6.07) is 18.6. The summed E-state index contributed by atoms with van der Waals surface area (Å²) in [6.07, 6.45) is 0. The third kappa shape index (κ3) is 3.69. The summed E-state index contributed by atoms with van der Waals surface area (Å²) in [5.41, 5.74) is 9.12. The SMILES string of the molecule is Nc1c(C(=O)Nc2ccc(Br)cc2)sc2nc(-c3ccc(Cl)cc3)ccc12. The van der Waals surface area contributed by atoms with Gasteiger partial charge in [-0.2, -0.15) is 0 Å². The molecule has 1 amide bonds. The number of fused-ring (bicyclic) bond motifs is 1. The summed E-state index contributed by atoms with van der Waals surface area (Å²) in [7, 11) is 0. The zero-order valence-electron chi connectivity index (χ0n) is 13.9. The number of carbonyl (C=O) groups excluding carboxylic acids is 1. The lowest BCUT2D eigenvalue weighted by Crippen LogP contribution is -2.11. The molecule has 7 heteroatoms. The highest BCUT2D eigenvalue weighted by molar-refractivity contribution is 9.10. The summed E-state index contributed by atoms with van der Waals surface area (Å²) in [4.78, 5) is 18.5. The Morgan fingerprint density at radius 2 is 1.74 bits per heavy atom. The number of rotatable bonds is 3. The quantitative estimate of drug-likeness (QED) is 0.383. The first-order valence-corrected chi connectivity index (χ1v) is 10.0. The van der Waals surface area contributed by atoms with Gasteiger partial charge in [0.25, 0.3) is 5.91 Å². The molecule has 0 radical (unpaired) electrons. The van der Waals surface area contributed by atoms with Gasteiger partial charge in [-0.25, -0.2) is 4.98 Å². The molecule has 0 bridgehead atoms. The molecule has 0 spiro atoms. The van der Waals surface area contributed by atoms with Crippen molar-refractivity contribution in [2.45, 2.75) is 0 Å². The standard InChI is InChI=1S/C20H13BrClN3OS/c21-12-3-7-14(8-4-12)24-19(26)18-17(23)15-9-10-16(25-20(15)27-18)11-1-5-13(22)6-2-11/h1-10H,23H2,(H,24,26). The van der Waals surface area contributed by atoms with Crippen LogP contribution in [0.5, 0.6) is 0 Å². The summed E-state index contributed by atoms with van der Waals surface area (Å²) in [5, 5.41) is 4.32. The lowest BCUT2D eigenvalue weighted by Gasteiger charge is -2.04. The van der Waals surface area contributed by atoms with Gasteiger partial charge in [0, 0.05) is 26.1 Å². The summed E-state index contributed by atoms with van der Waals surface area (Å²) < 4.78 is 0.945. The maximum Gasteiger partial charge on any atom is 0.267 e. The minimum Gasteiger partial charge on any atom is -0.397 e. The van der Waals surface area contributed by atoms with Crippen LogP contribution >= 0.6 is 38.9 Å². The van der Waals surface area contributed by atoms with E-state index in [4.69, 9.17) is 17.3 Å². The van der Waals surface area contributed by atoms with E-state index >= 15 is 0 Å². The van der Waals surface area contributed by atoms with Gasteiger partial charge in [0.05, 0.1) is 11.4 Å². The number of nitrogens with zero attached hydrogens (tertiary/aromatic N) is 1. The molecule has 2 aromatic carbocycles. The summed E-state index contributed by atoms with van der Waals surface area (Å²) in [5.74, 6) is -0.245. The van der Waals surface area contributed by atoms with Crippen molar-refractivity contribution in [2.75, 3.05) is 11.1 Å². The number of benzene rings is 2. The van der Waals surface area contributed by atoms with Crippen LogP contribution in [0.2, 0.25) is 5.02 Å². The van der Waals surface area contributed by atoms with Crippen LogP contribution in [-0.4, -0.2) is 10.9 Å². The highest BCUT2D eigenvalue weighted by Gasteiger charge is 2.18. The second-order valence-electron chi connectivity index (χ2n) is 5.86. The molecule has 27 heavy (non-hydrogen) atoms. The molecule has 0 fully saturated rings. The number of anilines is 2. The van der Waals surface area contributed by atoms with Gasteiger partial charge in [0.1, 0.15) is 9.71 Å². The summed E-state index contributed by atoms with van der Waals surface area (Å²) in [6.45, 7) is 0. The van der Waals surface area contributed by atoms with Crippen LogP contribution in [0.4, 0.5) is 11.4 Å². The molecule has 2 aromatic heterocycles. The fourth-order valence-corrected chi connectivity index (χ4v) is 4.05. The van der Waals surface area contributed by atoms with E-state index in [1.165, 1.54) is 11.3 Å². The van der Waals surface area contributed by atoms with Crippen molar-refractivity contribution in [3.05, 3.63) is 75.0 Å². The van der Waals surface area contributed by atoms with E-state index < -0.39 is 0 Å². The number of aromatic nitrogens is 1. The predicted octanol–water partition coefficient (Wildman–Crippen LogP) is 6.21. The molecular weight excluding hydrogens is 446 g/mol. The van der Waals surface area contributed by atoms with Gasteiger partial charge in [-0.05, 0) is 48.5 Å². The van der Waals surface area contributed by atoms with E-state index in [2.05, 4.69) is 26.2 Å². The van der Waals surface area contributed by atoms with Crippen LogP contribution in [0, 0.1) is 0 Å². The van der Waals surface area contributed by atoms with Gasteiger partial charge in [-0.15, -0.1) is 11.3 Å². The van der Waals surface area contributed by atoms with Crippen molar-refractivity contribution in [1.29, 1.82) is 0 Å². The number of thiophene rings is 1. The molecule has 0 atom stereocenters. The van der Waals surface area contributed by atoms with Gasteiger partial charge in [0.2, 0.25) is 0 Å². The number of amides is 1. The predicted molar refractivity (Wildman–Crippen MR) is 117 cm³/mol. The van der Waals surface area contributed by atoms with Gasteiger partial charge in [0.15, 0.2) is 0 Å². The Morgan fingerprint density at radius 3 is 2.44 bits per heavy atom. The number of pyridine rings is 1. The fourth-order valence-electron chi connectivity index (χ4n) is 2.67. The Bertz CT molecular complexity index is 1140. The second kappa shape index (κ2) is 7.31. The summed E-state index contributed by atoms with van der Waals surface area (Å²) >= 11 is 10.6. The molecular formula is C20H13BrClN3OS. The van der Waals surface area contributed by atoms with E-state index in [0.29, 0.717) is 21.3 Å². The number of halogens is 2. The molecule has 0 saturated heterocycles. The Kier molecular flexibility index (Phi) is 4.86. The van der Waals surface area contributed by atoms with Crippen molar-refractivity contribution < 1.29 is 4.79 Å². The molecule has 4 aromatic rings. The zero-order valence-corrected chi connectivity index (χ0v) is 17.0. The maximum absolute atomic E-state index is 12.6. The molecule has 0 aliphatic carbocycles. The Hall–Kier alpha value is -2.41. The van der Waals surface area contributed by atoms with E-state index in [1.807, 2.05) is 60.7 Å². The van der Waals surface area contributed by atoms with E-state index in [9.17, 15) is 4.79 Å². The average Bonchev–Trinajstić information content (AvgIpc) is 3.00. The maximum atomic E-state index is 12.6. The first kappa shape index (κ1) is 18.0. The topological polar surface area (TPSA) is 68.0 Å². The number of carbonyl (C=O) groups is 1. The lowest BCUT2D eigenvalue weighted by atomic mass is 10.1. The number of nitrogens with two attached hydrogens (primary N) is 1. The Morgan fingerprint density at radius 1 is 1.04 bits per heavy atom. The van der Waals surface area contributed by atoms with Crippen LogP contribution in [0.3, 0.4) is 0 Å². The Labute approximate surface area is 173 Å². The molecule has 0 saturated carbocycles. The molecule has 3 N–H and O–H groups in total. The average molecular weight is 459 g/mol. The normalized spacial score (nSPS) is 10.9. The second-order valence-corrected chi connectivity index (χ2v) is 8.21. The largest absolute Gasteiger partial charge is 0.397 e. The van der Waals surface area contributed by atoms with Gasteiger partial charge in [-0.3, -0.25) is 4.79 Å². The van der Waals surface area contributed by atoms with Gasteiger partial charge < -0.3 is 11.1 Å². The first-order chi connectivity index (χ1) is 13.0. The molecule has 0 aliphatic rings. The molecule has 0 aliphatic heterocycles. The third-order valence-electron chi connectivity index (χ3n) is 4.04. The number of nitrogen functional groups attached to an aromatic ring is 1. The lowest BCUT2D eigenvalue weighted by molar-refractivity contribution is 0.103. The van der Waals surface area contributed by atoms with Crippen LogP contribution in [0.15, 0.2) is 65.1 Å². The van der Waals surface area contributed by atoms with Gasteiger partial charge >= 0.3 is 0 Å². The molecule has 2 heterocycles. The van der Waals surface area contributed by atoms with Crippen molar-refractivity contribution in [3.8, 4) is 11.3 Å². The molecule has 4 nitrogen and oxygen atoms in total. The van der Waals surface area contributed by atoms with Gasteiger partial charge in [-0.1, -0.05) is 39.7 Å². The van der Waals surface area contributed by atoms with Crippen LogP contribution in [0.25, 0.3) is 21.5 Å². The van der Waals surface area contributed by atoms with Crippen molar-refractivity contribution in [3.63, 3.8) is 0 Å². The number of hydrogen-bond acceptors (Lipinski definition) is 4. The Balaban J connectivity index is 1.67. The molecule has 0 unspecified atom stereocenters. The molecule has 134 valence electrons. The van der Waals surface area contributed by atoms with Crippen molar-refractivity contribution in [1.82, 2.24) is 4.98 Å². The zero-order chi connectivity index (χ0) is 19.0. The fraction of sp³-hybridized carbons (Fsp3) is 0. The monoisotopic (exact) mass is 457 g/mol. The van der Waals surface area contributed by atoms with Crippen molar-refractivity contribution in [2.24, 2.45) is 0 Å². The third-order valence-corrected chi connectivity index (χ3v) is 5.94. The highest BCUT2D eigenvalue weighted by Crippen LogP contribution is 2.34. The van der Waals surface area contributed by atoms with Crippen LogP contribution in [0.1, 0.15) is 9.67 Å². The van der Waals surface area contributed by atoms with Crippen LogP contribution < -0.4 is 11.1 Å². The highest BCUT2D eigenvalue weighted by atomic mass is 79.9. The smallest absolute Gasteiger partial charge is 0.267 e. The minimum atomic E-state index is -0.245. The first-order valence-electron chi connectivity index (χ1n) is 8.03. The van der Waals surface area contributed by atoms with Crippen molar-refractivity contribution >= 4 is 66.4 Å². The van der Waals surface area contributed by atoms with E-state index in [1.54, 1.807) is 0 Å². The van der Waals surface area contributed by atoms with Crippen LogP contribution in [-0.2, 0) is 0 Å². The minimum absolute atomic E-state index is 0.245. The molecule has 4 rings (SSSR count). The number of hydrogen-bond donors (Lipinski definition) is 2. The van der Waals surface area contributed by atoms with E-state index in [0.717, 1.165) is 25.9 Å². The number of nitrogens with one attached hydrogen (secondary N) is 1.